The van der Waals surface area contributed by atoms with Crippen LogP contribution in [0.25, 0.3) is 5.69 Å². The molecule has 6 heteroatoms. The van der Waals surface area contributed by atoms with E-state index in [1.807, 2.05) is 60.3 Å². The molecule has 2 amide bonds. The molecule has 30 heavy (non-hydrogen) atoms. The monoisotopic (exact) mass is 405 g/mol. The molecule has 0 radical (unpaired) electrons. The largest absolute Gasteiger partial charge is 0.338 e. The minimum absolute atomic E-state index is 0.0757. The van der Waals surface area contributed by atoms with Crippen LogP contribution in [0, 0.1) is 18.7 Å². The van der Waals surface area contributed by atoms with Gasteiger partial charge in [-0.15, -0.1) is 0 Å². The van der Waals surface area contributed by atoms with Gasteiger partial charge in [-0.2, -0.15) is 0 Å². The summed E-state index contributed by atoms with van der Waals surface area (Å²) < 4.78 is 16.2. The van der Waals surface area contributed by atoms with Crippen LogP contribution in [0.1, 0.15) is 28.8 Å². The van der Waals surface area contributed by atoms with Crippen molar-refractivity contribution >= 4 is 17.5 Å². The third-order valence-corrected chi connectivity index (χ3v) is 5.49. The van der Waals surface area contributed by atoms with Gasteiger partial charge in [0.2, 0.25) is 5.91 Å². The van der Waals surface area contributed by atoms with Crippen molar-refractivity contribution in [3.63, 3.8) is 0 Å². The molecule has 0 bridgehead atoms. The van der Waals surface area contributed by atoms with Gasteiger partial charge >= 0.3 is 0 Å². The van der Waals surface area contributed by atoms with Crippen molar-refractivity contribution in [2.75, 3.05) is 18.4 Å². The fraction of sp³-hybridized carbons (Fsp3) is 0.250. The summed E-state index contributed by atoms with van der Waals surface area (Å²) in [6.45, 7) is 2.92. The molecule has 1 fully saturated rings. The highest BCUT2D eigenvalue weighted by molar-refractivity contribution is 5.96. The Morgan fingerprint density at radius 2 is 1.80 bits per heavy atom. The summed E-state index contributed by atoms with van der Waals surface area (Å²) in [5.41, 5.74) is 2.61. The van der Waals surface area contributed by atoms with E-state index in [2.05, 4.69) is 5.32 Å². The molecule has 1 aliphatic rings. The quantitative estimate of drug-likeness (QED) is 0.699. The maximum absolute atomic E-state index is 14.3. The molecule has 5 nitrogen and oxygen atoms in total. The SMILES string of the molecule is Cc1ccc(C(=O)N2CCCC(C(=O)Nc3cc(-n4cccc4)ccc3F)C2)cc1. The molecule has 1 atom stereocenters. The summed E-state index contributed by atoms with van der Waals surface area (Å²) in [5.74, 6) is -1.20. The Hall–Kier alpha value is -3.41. The highest BCUT2D eigenvalue weighted by Gasteiger charge is 2.29. The second-order valence-corrected chi connectivity index (χ2v) is 7.70. The lowest BCUT2D eigenvalue weighted by molar-refractivity contribution is -0.121. The van der Waals surface area contributed by atoms with Crippen molar-refractivity contribution in [2.45, 2.75) is 19.8 Å². The summed E-state index contributed by atoms with van der Waals surface area (Å²) in [4.78, 5) is 27.4. The van der Waals surface area contributed by atoms with Gasteiger partial charge in [0.1, 0.15) is 5.82 Å². The summed E-state index contributed by atoms with van der Waals surface area (Å²) >= 11 is 0. The standard InChI is InChI=1S/C24H24FN3O2/c1-17-6-8-18(9-7-17)24(30)28-14-4-5-19(16-28)23(29)26-22-15-20(10-11-21(22)25)27-12-2-3-13-27/h2-3,6-13,15,19H,4-5,14,16H2,1H3,(H,26,29). The van der Waals surface area contributed by atoms with Gasteiger partial charge in [0.05, 0.1) is 11.6 Å². The zero-order chi connectivity index (χ0) is 21.1. The molecule has 3 aromatic rings. The molecule has 4 rings (SSSR count). The van der Waals surface area contributed by atoms with E-state index >= 15 is 0 Å². The third-order valence-electron chi connectivity index (χ3n) is 5.49. The predicted octanol–water partition coefficient (Wildman–Crippen LogP) is 4.42. The molecule has 1 unspecified atom stereocenters. The lowest BCUT2D eigenvalue weighted by Gasteiger charge is -2.32. The van der Waals surface area contributed by atoms with Gasteiger partial charge in [-0.25, -0.2) is 4.39 Å². The Bertz CT molecular complexity index is 1040. The molecule has 1 saturated heterocycles. The fourth-order valence-corrected chi connectivity index (χ4v) is 3.77. The van der Waals surface area contributed by atoms with E-state index in [9.17, 15) is 14.0 Å². The number of piperidine rings is 1. The Balaban J connectivity index is 1.45. The molecule has 0 aliphatic carbocycles. The number of hydrogen-bond donors (Lipinski definition) is 1. The van der Waals surface area contributed by atoms with Gasteiger partial charge in [0.15, 0.2) is 0 Å². The van der Waals surface area contributed by atoms with Crippen LogP contribution in [0.2, 0.25) is 0 Å². The van der Waals surface area contributed by atoms with E-state index in [-0.39, 0.29) is 23.4 Å². The maximum Gasteiger partial charge on any atom is 0.253 e. The average Bonchev–Trinajstić information content (AvgIpc) is 3.30. The number of hydrogen-bond acceptors (Lipinski definition) is 2. The molecular weight excluding hydrogens is 381 g/mol. The van der Waals surface area contributed by atoms with Crippen LogP contribution in [0.4, 0.5) is 10.1 Å². The average molecular weight is 405 g/mol. The normalized spacial score (nSPS) is 16.3. The number of aryl methyl sites for hydroxylation is 1. The first kappa shape index (κ1) is 19.9. The lowest BCUT2D eigenvalue weighted by Crippen LogP contribution is -2.43. The number of likely N-dealkylation sites (tertiary alicyclic amines) is 1. The first-order valence-corrected chi connectivity index (χ1v) is 10.1. The Kier molecular flexibility index (Phi) is 5.65. The zero-order valence-electron chi connectivity index (χ0n) is 16.8. The zero-order valence-corrected chi connectivity index (χ0v) is 16.8. The molecule has 154 valence electrons. The lowest BCUT2D eigenvalue weighted by atomic mass is 9.96. The Morgan fingerprint density at radius 1 is 1.07 bits per heavy atom. The van der Waals surface area contributed by atoms with Crippen molar-refractivity contribution < 1.29 is 14.0 Å². The molecular formula is C24H24FN3O2. The number of halogens is 1. The second-order valence-electron chi connectivity index (χ2n) is 7.70. The topological polar surface area (TPSA) is 54.3 Å². The minimum Gasteiger partial charge on any atom is -0.338 e. The van der Waals surface area contributed by atoms with E-state index < -0.39 is 5.82 Å². The van der Waals surface area contributed by atoms with Gasteiger partial charge in [-0.1, -0.05) is 17.7 Å². The van der Waals surface area contributed by atoms with Crippen molar-refractivity contribution in [1.82, 2.24) is 9.47 Å². The number of carbonyl (C=O) groups excluding carboxylic acids is 2. The molecule has 1 aromatic heterocycles. The first-order chi connectivity index (χ1) is 14.5. The van der Waals surface area contributed by atoms with Crippen LogP contribution >= 0.6 is 0 Å². The number of nitrogens with one attached hydrogen (secondary N) is 1. The Labute approximate surface area is 175 Å². The highest BCUT2D eigenvalue weighted by Crippen LogP contribution is 2.23. The van der Waals surface area contributed by atoms with Crippen molar-refractivity contribution in [3.8, 4) is 5.69 Å². The predicted molar refractivity (Wildman–Crippen MR) is 114 cm³/mol. The minimum atomic E-state index is -0.484. The molecule has 0 saturated carbocycles. The molecule has 2 heterocycles. The maximum atomic E-state index is 14.3. The first-order valence-electron chi connectivity index (χ1n) is 10.1. The second kappa shape index (κ2) is 8.53. The third kappa shape index (κ3) is 4.27. The molecule has 1 aliphatic heterocycles. The van der Waals surface area contributed by atoms with Gasteiger partial charge in [0.25, 0.3) is 5.91 Å². The number of anilines is 1. The van der Waals surface area contributed by atoms with Crippen molar-refractivity contribution in [1.29, 1.82) is 0 Å². The number of nitrogens with zero attached hydrogens (tertiary/aromatic N) is 2. The highest BCUT2D eigenvalue weighted by atomic mass is 19.1. The van der Waals surface area contributed by atoms with Gasteiger partial charge in [-0.05, 0) is 62.2 Å². The summed E-state index contributed by atoms with van der Waals surface area (Å²) in [6.07, 6.45) is 5.12. The van der Waals surface area contributed by atoms with Gasteiger partial charge < -0.3 is 14.8 Å². The fourth-order valence-electron chi connectivity index (χ4n) is 3.77. The number of aromatic nitrogens is 1. The van der Waals surface area contributed by atoms with E-state index in [4.69, 9.17) is 0 Å². The van der Waals surface area contributed by atoms with Crippen LogP contribution in [-0.2, 0) is 4.79 Å². The van der Waals surface area contributed by atoms with Crippen LogP contribution in [0.5, 0.6) is 0 Å². The number of carbonyl (C=O) groups is 2. The summed E-state index contributed by atoms with van der Waals surface area (Å²) in [5, 5.41) is 2.72. The number of rotatable bonds is 4. The van der Waals surface area contributed by atoms with E-state index in [1.54, 1.807) is 17.0 Å². The van der Waals surface area contributed by atoms with E-state index in [0.717, 1.165) is 17.7 Å². The number of amides is 2. The number of benzene rings is 2. The van der Waals surface area contributed by atoms with Crippen molar-refractivity contribution in [3.05, 3.63) is 83.9 Å². The van der Waals surface area contributed by atoms with E-state index in [0.29, 0.717) is 25.1 Å². The molecule has 1 N–H and O–H groups in total. The van der Waals surface area contributed by atoms with Crippen LogP contribution < -0.4 is 5.32 Å². The smallest absolute Gasteiger partial charge is 0.253 e. The van der Waals surface area contributed by atoms with Gasteiger partial charge in [0, 0.05) is 36.7 Å². The van der Waals surface area contributed by atoms with Crippen LogP contribution in [0.15, 0.2) is 67.0 Å². The van der Waals surface area contributed by atoms with Crippen LogP contribution in [-0.4, -0.2) is 34.4 Å². The van der Waals surface area contributed by atoms with Crippen molar-refractivity contribution in [2.24, 2.45) is 5.92 Å². The Morgan fingerprint density at radius 3 is 2.53 bits per heavy atom. The summed E-state index contributed by atoms with van der Waals surface area (Å²) in [6, 6.07) is 15.8. The summed E-state index contributed by atoms with van der Waals surface area (Å²) in [7, 11) is 0. The van der Waals surface area contributed by atoms with Gasteiger partial charge in [-0.3, -0.25) is 9.59 Å². The molecule has 2 aromatic carbocycles. The van der Waals surface area contributed by atoms with Crippen LogP contribution in [0.3, 0.4) is 0 Å². The molecule has 0 spiro atoms. The van der Waals surface area contributed by atoms with E-state index in [1.165, 1.54) is 6.07 Å².